The van der Waals surface area contributed by atoms with Crippen LogP contribution in [0.4, 0.5) is 0 Å². The van der Waals surface area contributed by atoms with Gasteiger partial charge in [0.05, 0.1) is 0 Å². The molecule has 6 fully saturated rings. The van der Waals surface area contributed by atoms with Gasteiger partial charge in [-0.2, -0.15) is 0 Å². The van der Waals surface area contributed by atoms with E-state index >= 15 is 0 Å². The van der Waals surface area contributed by atoms with E-state index in [-0.39, 0.29) is 30.4 Å². The van der Waals surface area contributed by atoms with Gasteiger partial charge in [0.25, 0.3) is 0 Å². The first-order chi connectivity index (χ1) is 12.1. The van der Waals surface area contributed by atoms with Crippen molar-refractivity contribution in [2.75, 3.05) is 0 Å². The van der Waals surface area contributed by atoms with E-state index in [1.807, 2.05) is 13.8 Å². The van der Waals surface area contributed by atoms with Crippen LogP contribution in [0.2, 0.25) is 0 Å². The molecule has 0 N–H and O–H groups in total. The van der Waals surface area contributed by atoms with E-state index < -0.39 is 45.6 Å². The number of rotatable bonds is 2. The molecule has 2 saturated carbocycles. The molecule has 7 nitrogen and oxygen atoms in total. The SMILES string of the molecule is CCC(=O)OC1C2OC(=O)C34C2(C)OC1C31C(=O)OC2C[C@]4(C)CC21C. The number of esters is 3. The van der Waals surface area contributed by atoms with Gasteiger partial charge >= 0.3 is 17.9 Å². The lowest BCUT2D eigenvalue weighted by molar-refractivity contribution is -0.175. The van der Waals surface area contributed by atoms with Crippen molar-refractivity contribution in [1.29, 1.82) is 0 Å². The summed E-state index contributed by atoms with van der Waals surface area (Å²) >= 11 is 0. The molecule has 9 atom stereocenters. The fourth-order valence-corrected chi connectivity index (χ4v) is 8.50. The molecule has 0 aromatic carbocycles. The van der Waals surface area contributed by atoms with Crippen LogP contribution in [0.1, 0.15) is 47.0 Å². The summed E-state index contributed by atoms with van der Waals surface area (Å²) in [7, 11) is 0. The van der Waals surface area contributed by atoms with Gasteiger partial charge in [-0.3, -0.25) is 14.4 Å². The van der Waals surface area contributed by atoms with Crippen molar-refractivity contribution in [3.05, 3.63) is 0 Å². The third-order valence-electron chi connectivity index (χ3n) is 8.85. The van der Waals surface area contributed by atoms with Crippen molar-refractivity contribution in [3.63, 3.8) is 0 Å². The summed E-state index contributed by atoms with van der Waals surface area (Å²) in [5.41, 5.74) is -4.17. The number of fused-ring (bicyclic) bond motifs is 2. The molecule has 2 aliphatic carbocycles. The molecule has 7 heteroatoms. The molecule has 4 aliphatic heterocycles. The van der Waals surface area contributed by atoms with E-state index in [4.69, 9.17) is 18.9 Å². The quantitative estimate of drug-likeness (QED) is 0.537. The third kappa shape index (κ3) is 0.975. The predicted octanol–water partition coefficient (Wildman–Crippen LogP) is 1.12. The van der Waals surface area contributed by atoms with E-state index in [0.717, 1.165) is 0 Å². The van der Waals surface area contributed by atoms with Crippen molar-refractivity contribution >= 4 is 17.9 Å². The predicted molar refractivity (Wildman–Crippen MR) is 83.5 cm³/mol. The van der Waals surface area contributed by atoms with Crippen LogP contribution in [-0.2, 0) is 33.3 Å². The smallest absolute Gasteiger partial charge is 0.317 e. The van der Waals surface area contributed by atoms with Gasteiger partial charge in [0, 0.05) is 11.8 Å². The topological polar surface area (TPSA) is 88.1 Å². The van der Waals surface area contributed by atoms with Gasteiger partial charge in [0.2, 0.25) is 0 Å². The van der Waals surface area contributed by atoms with Gasteiger partial charge in [0.1, 0.15) is 28.6 Å². The summed E-state index contributed by atoms with van der Waals surface area (Å²) in [5, 5.41) is 0. The number of hydrogen-bond acceptors (Lipinski definition) is 7. The Bertz CT molecular complexity index is 823. The number of carbonyl (C=O) groups is 3. The molecule has 8 unspecified atom stereocenters. The first-order valence-electron chi connectivity index (χ1n) is 9.43. The summed E-state index contributed by atoms with van der Waals surface area (Å²) in [5.74, 6) is -1.15. The Morgan fingerprint density at radius 1 is 1.15 bits per heavy atom. The van der Waals surface area contributed by atoms with Crippen LogP contribution >= 0.6 is 0 Å². The minimum atomic E-state index is -1.14. The fraction of sp³-hybridized carbons (Fsp3) is 0.842. The summed E-state index contributed by atoms with van der Waals surface area (Å²) < 4.78 is 23.7. The van der Waals surface area contributed by atoms with E-state index in [1.54, 1.807) is 6.92 Å². The molecule has 0 amide bonds. The lowest BCUT2D eigenvalue weighted by Gasteiger charge is -2.52. The standard InChI is InChI=1S/C19H22O7/c1-5-9(20)24-10-11-17(4)19(14(22)25-11)15(2)6-8-16(3,7-15)18(19,12(10)26-17)13(21)23-8/h8,10-12H,5-7H2,1-4H3/t8?,10?,11?,12?,15-,16?,17?,18?,19?/m1/s1. The van der Waals surface area contributed by atoms with Crippen LogP contribution in [0.15, 0.2) is 0 Å². The normalized spacial score (nSPS) is 62.5. The molecule has 2 spiro atoms. The lowest BCUT2D eigenvalue weighted by atomic mass is 9.41. The molecule has 26 heavy (non-hydrogen) atoms. The van der Waals surface area contributed by atoms with E-state index in [1.165, 1.54) is 0 Å². The molecule has 6 aliphatic rings. The summed E-state index contributed by atoms with van der Waals surface area (Å²) in [4.78, 5) is 38.8. The second kappa shape index (κ2) is 3.68. The molecular weight excluding hydrogens is 340 g/mol. The minimum absolute atomic E-state index is 0.209. The molecule has 140 valence electrons. The zero-order valence-corrected chi connectivity index (χ0v) is 15.3. The highest BCUT2D eigenvalue weighted by Crippen LogP contribution is 2.91. The zero-order valence-electron chi connectivity index (χ0n) is 15.3. The highest BCUT2D eigenvalue weighted by molar-refractivity contribution is 5.99. The second-order valence-electron chi connectivity index (χ2n) is 9.59. The lowest BCUT2D eigenvalue weighted by Crippen LogP contribution is -2.70. The Balaban J connectivity index is 1.66. The Morgan fingerprint density at radius 3 is 2.58 bits per heavy atom. The Morgan fingerprint density at radius 2 is 1.88 bits per heavy atom. The number of hydrogen-bond donors (Lipinski definition) is 0. The molecule has 4 bridgehead atoms. The van der Waals surface area contributed by atoms with Gasteiger partial charge in [-0.05, 0) is 25.2 Å². The Kier molecular flexibility index (Phi) is 2.18. The average molecular weight is 362 g/mol. The summed E-state index contributed by atoms with van der Waals surface area (Å²) in [6.45, 7) is 7.68. The van der Waals surface area contributed by atoms with Crippen molar-refractivity contribution in [3.8, 4) is 0 Å². The molecule has 4 saturated heterocycles. The zero-order chi connectivity index (χ0) is 18.5. The highest BCUT2D eigenvalue weighted by atomic mass is 16.7. The molecule has 6 rings (SSSR count). The maximum Gasteiger partial charge on any atom is 0.317 e. The number of ether oxygens (including phenoxy) is 4. The van der Waals surface area contributed by atoms with Gasteiger partial charge in [-0.1, -0.05) is 20.8 Å². The first kappa shape index (κ1) is 15.4. The molecule has 4 heterocycles. The summed E-state index contributed by atoms with van der Waals surface area (Å²) in [6.07, 6.45) is -0.811. The van der Waals surface area contributed by atoms with Crippen LogP contribution in [0, 0.1) is 21.7 Å². The van der Waals surface area contributed by atoms with Gasteiger partial charge < -0.3 is 18.9 Å². The second-order valence-corrected chi connectivity index (χ2v) is 9.59. The molecule has 0 radical (unpaired) electrons. The average Bonchev–Trinajstić information content (AvgIpc) is 3.20. The minimum Gasteiger partial charge on any atom is -0.461 e. The molecular formula is C19H22O7. The maximum atomic E-state index is 13.4. The van der Waals surface area contributed by atoms with E-state index in [0.29, 0.717) is 12.8 Å². The van der Waals surface area contributed by atoms with Crippen LogP contribution in [0.3, 0.4) is 0 Å². The van der Waals surface area contributed by atoms with E-state index in [9.17, 15) is 14.4 Å². The Hall–Kier alpha value is -1.63. The van der Waals surface area contributed by atoms with Crippen molar-refractivity contribution in [2.45, 2.75) is 77.0 Å². The maximum absolute atomic E-state index is 13.4. The molecule has 0 aromatic rings. The van der Waals surface area contributed by atoms with Crippen LogP contribution < -0.4 is 0 Å². The van der Waals surface area contributed by atoms with Crippen LogP contribution in [0.25, 0.3) is 0 Å². The van der Waals surface area contributed by atoms with Crippen molar-refractivity contribution in [2.24, 2.45) is 21.7 Å². The van der Waals surface area contributed by atoms with Gasteiger partial charge in [-0.25, -0.2) is 0 Å². The van der Waals surface area contributed by atoms with E-state index in [2.05, 4.69) is 6.92 Å². The Labute approximate surface area is 150 Å². The third-order valence-corrected chi connectivity index (χ3v) is 8.85. The van der Waals surface area contributed by atoms with Crippen molar-refractivity contribution in [1.82, 2.24) is 0 Å². The van der Waals surface area contributed by atoms with Crippen LogP contribution in [-0.4, -0.2) is 47.9 Å². The van der Waals surface area contributed by atoms with Crippen molar-refractivity contribution < 1.29 is 33.3 Å². The monoisotopic (exact) mass is 362 g/mol. The molecule has 0 aromatic heterocycles. The number of carbonyl (C=O) groups excluding carboxylic acids is 3. The van der Waals surface area contributed by atoms with Crippen LogP contribution in [0.5, 0.6) is 0 Å². The van der Waals surface area contributed by atoms with Gasteiger partial charge in [-0.15, -0.1) is 0 Å². The summed E-state index contributed by atoms with van der Waals surface area (Å²) in [6, 6.07) is 0. The highest BCUT2D eigenvalue weighted by Gasteiger charge is 3.04. The largest absolute Gasteiger partial charge is 0.461 e. The van der Waals surface area contributed by atoms with Gasteiger partial charge in [0.15, 0.2) is 12.2 Å². The fourth-order valence-electron chi connectivity index (χ4n) is 8.50. The first-order valence-corrected chi connectivity index (χ1v) is 9.43.